The molecule has 1 aromatic rings. The first-order valence-corrected chi connectivity index (χ1v) is 13.4. The zero-order valence-corrected chi connectivity index (χ0v) is 21.0. The number of carbonyl (C=O) groups excluding carboxylic acids is 1. The molecule has 1 aromatic heterocycles. The molecule has 0 N–H and O–H groups in total. The van der Waals surface area contributed by atoms with Crippen LogP contribution in [0.15, 0.2) is 10.5 Å². The van der Waals surface area contributed by atoms with E-state index in [1.54, 1.807) is 18.3 Å². The summed E-state index contributed by atoms with van der Waals surface area (Å²) in [6.07, 6.45) is 11.1. The summed E-state index contributed by atoms with van der Waals surface area (Å²) in [5.74, 6) is 2.96. The van der Waals surface area contributed by atoms with Crippen molar-refractivity contribution in [1.82, 2.24) is 4.68 Å². The van der Waals surface area contributed by atoms with Gasteiger partial charge in [-0.25, -0.2) is 4.68 Å². The lowest BCUT2D eigenvalue weighted by Gasteiger charge is -2.60. The molecule has 4 aliphatic rings. The third-order valence-electron chi connectivity index (χ3n) is 9.80. The fourth-order valence-corrected chi connectivity index (χ4v) is 9.12. The second kappa shape index (κ2) is 7.79. The maximum absolute atomic E-state index is 11.7. The molecule has 5 rings (SSSR count). The van der Waals surface area contributed by atoms with Crippen LogP contribution in [0, 0.1) is 45.4 Å². The highest BCUT2D eigenvalue weighted by atomic mass is 32.1. The number of hydrogen-bond acceptors (Lipinski definition) is 5. The van der Waals surface area contributed by atoms with E-state index in [1.807, 2.05) is 4.68 Å². The van der Waals surface area contributed by atoms with Crippen molar-refractivity contribution in [2.24, 2.45) is 39.6 Å². The lowest BCUT2D eigenvalue weighted by atomic mass is 9.45. The smallest absolute Gasteiger partial charge is 0.302 e. The van der Waals surface area contributed by atoms with E-state index < -0.39 is 0 Å². The first-order chi connectivity index (χ1) is 14.7. The average Bonchev–Trinajstić information content (AvgIpc) is 3.21. The van der Waals surface area contributed by atoms with E-state index in [1.165, 1.54) is 44.2 Å². The molecule has 4 nitrogen and oxygen atoms in total. The van der Waals surface area contributed by atoms with E-state index in [2.05, 4.69) is 26.2 Å². The Bertz CT molecular complexity index is 965. The second-order valence-corrected chi connectivity index (χ2v) is 12.7. The van der Waals surface area contributed by atoms with E-state index >= 15 is 0 Å². The summed E-state index contributed by atoms with van der Waals surface area (Å²) < 4.78 is 8.65. The molecule has 0 saturated heterocycles. The van der Waals surface area contributed by atoms with E-state index in [4.69, 9.17) is 22.1 Å². The summed E-state index contributed by atoms with van der Waals surface area (Å²) in [7, 11) is 0. The van der Waals surface area contributed by atoms with Crippen LogP contribution in [0.2, 0.25) is 0 Å². The van der Waals surface area contributed by atoms with Crippen molar-refractivity contribution >= 4 is 35.2 Å². The first kappa shape index (κ1) is 21.8. The van der Waals surface area contributed by atoms with Gasteiger partial charge in [-0.3, -0.25) is 4.79 Å². The summed E-state index contributed by atoms with van der Waals surface area (Å²) >= 11 is 7.09. The minimum Gasteiger partial charge on any atom is -0.462 e. The molecule has 0 spiro atoms. The number of carbonyl (C=O) groups is 1. The van der Waals surface area contributed by atoms with Crippen LogP contribution >= 0.6 is 23.6 Å². The molecule has 4 fully saturated rings. The molecule has 0 aliphatic heterocycles. The van der Waals surface area contributed by atoms with Crippen molar-refractivity contribution in [2.45, 2.75) is 91.6 Å². The van der Waals surface area contributed by atoms with Gasteiger partial charge in [-0.05, 0) is 106 Å². The van der Waals surface area contributed by atoms with Gasteiger partial charge < -0.3 is 4.74 Å². The number of aryl methyl sites for hydroxylation is 1. The predicted octanol–water partition coefficient (Wildman–Crippen LogP) is 6.77. The van der Waals surface area contributed by atoms with Crippen molar-refractivity contribution < 1.29 is 9.53 Å². The van der Waals surface area contributed by atoms with Crippen LogP contribution in [-0.4, -0.2) is 22.5 Å². The SMILES string of the molecule is CC(=O)O[C@H]1CC[C@H]2[C@@H]3CC[C@H]4C/C(=N/n5c(C)csc5=S)CC[C@]4(C)[C@H]3CC[C@]12C. The van der Waals surface area contributed by atoms with Gasteiger partial charge in [0.15, 0.2) is 3.95 Å². The Labute approximate surface area is 195 Å². The Hall–Kier alpha value is -1.01. The quantitative estimate of drug-likeness (QED) is 0.361. The van der Waals surface area contributed by atoms with Gasteiger partial charge in [0.05, 0.1) is 5.69 Å². The summed E-state index contributed by atoms with van der Waals surface area (Å²) in [5.41, 5.74) is 3.10. The van der Waals surface area contributed by atoms with E-state index in [0.29, 0.717) is 5.41 Å². The lowest BCUT2D eigenvalue weighted by molar-refractivity contribution is -0.160. The lowest BCUT2D eigenvalue weighted by Crippen LogP contribution is -2.54. The van der Waals surface area contributed by atoms with Gasteiger partial charge in [0.25, 0.3) is 0 Å². The fourth-order valence-electron chi connectivity index (χ4n) is 8.14. The van der Waals surface area contributed by atoms with Gasteiger partial charge in [0, 0.05) is 23.4 Å². The summed E-state index contributed by atoms with van der Waals surface area (Å²) in [6.45, 7) is 8.67. The minimum atomic E-state index is -0.107. The molecule has 0 unspecified atom stereocenters. The Kier molecular flexibility index (Phi) is 5.48. The summed E-state index contributed by atoms with van der Waals surface area (Å²) in [4.78, 5) is 11.7. The maximum atomic E-state index is 11.7. The van der Waals surface area contributed by atoms with Gasteiger partial charge in [0.2, 0.25) is 0 Å². The van der Waals surface area contributed by atoms with Crippen molar-refractivity contribution in [3.8, 4) is 0 Å². The van der Waals surface area contributed by atoms with Crippen LogP contribution in [0.1, 0.15) is 84.3 Å². The average molecular weight is 461 g/mol. The predicted molar refractivity (Wildman–Crippen MR) is 128 cm³/mol. The number of nitrogens with zero attached hydrogens (tertiary/aromatic N) is 2. The molecule has 0 aromatic carbocycles. The van der Waals surface area contributed by atoms with Crippen LogP contribution in [0.5, 0.6) is 0 Å². The van der Waals surface area contributed by atoms with Crippen LogP contribution < -0.4 is 0 Å². The van der Waals surface area contributed by atoms with Crippen LogP contribution in [-0.2, 0) is 9.53 Å². The number of aromatic nitrogens is 1. The van der Waals surface area contributed by atoms with Gasteiger partial charge in [-0.15, -0.1) is 11.3 Å². The molecule has 0 amide bonds. The molecular formula is C25H36N2O2S2. The molecule has 6 heteroatoms. The molecule has 170 valence electrons. The normalized spacial score (nSPS) is 43.2. The number of hydrogen-bond donors (Lipinski definition) is 0. The van der Waals surface area contributed by atoms with Crippen LogP contribution in [0.4, 0.5) is 0 Å². The fraction of sp³-hybridized carbons (Fsp3) is 0.800. The second-order valence-electron chi connectivity index (χ2n) is 11.2. The highest BCUT2D eigenvalue weighted by Crippen LogP contribution is 2.66. The van der Waals surface area contributed by atoms with Gasteiger partial charge in [0.1, 0.15) is 6.10 Å². The van der Waals surface area contributed by atoms with E-state index in [0.717, 1.165) is 52.6 Å². The third kappa shape index (κ3) is 3.47. The van der Waals surface area contributed by atoms with Gasteiger partial charge >= 0.3 is 5.97 Å². The number of rotatable bonds is 2. The topological polar surface area (TPSA) is 43.6 Å². The monoisotopic (exact) mass is 460 g/mol. The van der Waals surface area contributed by atoms with Crippen molar-refractivity contribution in [3.63, 3.8) is 0 Å². The molecule has 4 saturated carbocycles. The summed E-state index contributed by atoms with van der Waals surface area (Å²) in [6, 6.07) is 0. The first-order valence-electron chi connectivity index (χ1n) is 12.1. The molecule has 31 heavy (non-hydrogen) atoms. The molecule has 1 heterocycles. The van der Waals surface area contributed by atoms with Crippen molar-refractivity contribution in [3.05, 3.63) is 15.0 Å². The minimum absolute atomic E-state index is 0.107. The van der Waals surface area contributed by atoms with Crippen molar-refractivity contribution in [2.75, 3.05) is 0 Å². The van der Waals surface area contributed by atoms with Crippen LogP contribution in [0.25, 0.3) is 0 Å². The van der Waals surface area contributed by atoms with Gasteiger partial charge in [-0.1, -0.05) is 13.8 Å². The van der Waals surface area contributed by atoms with Crippen molar-refractivity contribution in [1.29, 1.82) is 0 Å². The van der Waals surface area contributed by atoms with E-state index in [9.17, 15) is 4.79 Å². The molecule has 4 aliphatic carbocycles. The number of thiazole rings is 1. The highest BCUT2D eigenvalue weighted by Gasteiger charge is 2.60. The number of ether oxygens (including phenoxy) is 1. The number of esters is 1. The maximum Gasteiger partial charge on any atom is 0.302 e. The molecule has 0 radical (unpaired) electrons. The Morgan fingerprint density at radius 1 is 1.16 bits per heavy atom. The Morgan fingerprint density at radius 2 is 1.94 bits per heavy atom. The van der Waals surface area contributed by atoms with Gasteiger partial charge in [-0.2, -0.15) is 5.10 Å². The van der Waals surface area contributed by atoms with E-state index in [-0.39, 0.29) is 17.5 Å². The highest BCUT2D eigenvalue weighted by molar-refractivity contribution is 7.73. The largest absolute Gasteiger partial charge is 0.462 e. The third-order valence-corrected chi connectivity index (χ3v) is 11.1. The zero-order valence-electron chi connectivity index (χ0n) is 19.4. The number of fused-ring (bicyclic) bond motifs is 5. The van der Waals surface area contributed by atoms with Crippen LogP contribution in [0.3, 0.4) is 0 Å². The molecule has 0 bridgehead atoms. The molecular weight excluding hydrogens is 424 g/mol. The standard InChI is InChI=1S/C25H36N2O2S2/c1-15-14-31-23(30)27(15)26-18-9-11-24(3)17(13-18)5-6-19-20-7-8-22(29-16(2)28)25(20,4)12-10-21(19)24/h14,17,19-22H,5-13H2,1-4H3/b26-18+/t17-,19-,20-,21-,22-,24-,25-/m0/s1. The zero-order chi connectivity index (χ0) is 22.0. The Morgan fingerprint density at radius 3 is 2.65 bits per heavy atom. The Balaban J connectivity index is 1.35. The summed E-state index contributed by atoms with van der Waals surface area (Å²) in [5, 5.41) is 7.10. The molecule has 7 atom stereocenters.